The van der Waals surface area contributed by atoms with Gasteiger partial charge in [0.25, 0.3) is 0 Å². The molecule has 8 nitrogen and oxygen atoms in total. The number of rotatable bonds is 8. The molecule has 1 aliphatic carbocycles. The van der Waals surface area contributed by atoms with Crippen LogP contribution in [0.3, 0.4) is 0 Å². The topological polar surface area (TPSA) is 107 Å². The standard InChI is InChI=1S/C22H27N5O3S/c1-4-27(5-2)31(29,30)26-17-8-6-7-15(12-17)16-9-10-18-20(13-16)24-25-21(18)23-22(28)19-11-14(19)3/h6-10,12-14,19,26H,4-5,11H2,1-3H3,(H2,23,24,25,28). The lowest BCUT2D eigenvalue weighted by Crippen LogP contribution is -2.35. The van der Waals surface area contributed by atoms with Crippen molar-refractivity contribution in [1.82, 2.24) is 14.5 Å². The lowest BCUT2D eigenvalue weighted by atomic mass is 10.0. The molecule has 1 saturated carbocycles. The van der Waals surface area contributed by atoms with Crippen LogP contribution in [0.4, 0.5) is 11.5 Å². The van der Waals surface area contributed by atoms with E-state index < -0.39 is 10.2 Å². The first-order valence-corrected chi connectivity index (χ1v) is 11.9. The Bertz CT molecular complexity index is 1220. The fourth-order valence-corrected chi connectivity index (χ4v) is 4.96. The van der Waals surface area contributed by atoms with E-state index in [1.54, 1.807) is 26.0 Å². The van der Waals surface area contributed by atoms with Crippen molar-refractivity contribution in [3.63, 3.8) is 0 Å². The van der Waals surface area contributed by atoms with Crippen molar-refractivity contribution in [1.29, 1.82) is 0 Å². The Kier molecular flexibility index (Phi) is 5.72. The first-order chi connectivity index (χ1) is 14.8. The van der Waals surface area contributed by atoms with Crippen LogP contribution in [0.25, 0.3) is 22.0 Å². The second kappa shape index (κ2) is 8.32. The summed E-state index contributed by atoms with van der Waals surface area (Å²) in [5.41, 5.74) is 3.08. The van der Waals surface area contributed by atoms with Gasteiger partial charge in [-0.05, 0) is 47.7 Å². The summed E-state index contributed by atoms with van der Waals surface area (Å²) in [6.45, 7) is 6.48. The average Bonchev–Trinajstić information content (AvgIpc) is 3.35. The highest BCUT2D eigenvalue weighted by Crippen LogP contribution is 2.39. The number of nitrogens with one attached hydrogen (secondary N) is 3. The molecule has 0 spiro atoms. The van der Waals surface area contributed by atoms with Crippen LogP contribution in [-0.4, -0.2) is 41.9 Å². The van der Waals surface area contributed by atoms with Gasteiger partial charge in [-0.15, -0.1) is 0 Å². The van der Waals surface area contributed by atoms with Gasteiger partial charge >= 0.3 is 10.2 Å². The fourth-order valence-electron chi connectivity index (χ4n) is 3.73. The molecule has 1 fully saturated rings. The van der Waals surface area contributed by atoms with Gasteiger partial charge in [-0.25, -0.2) is 0 Å². The first kappa shape index (κ1) is 21.3. The maximum Gasteiger partial charge on any atom is 0.301 e. The number of anilines is 2. The summed E-state index contributed by atoms with van der Waals surface area (Å²) in [4.78, 5) is 12.2. The van der Waals surface area contributed by atoms with Gasteiger partial charge in [-0.2, -0.15) is 17.8 Å². The smallest absolute Gasteiger partial charge is 0.301 e. The van der Waals surface area contributed by atoms with Crippen molar-refractivity contribution >= 4 is 38.5 Å². The molecule has 3 N–H and O–H groups in total. The molecular weight excluding hydrogens is 414 g/mol. The predicted molar refractivity (Wildman–Crippen MR) is 123 cm³/mol. The van der Waals surface area contributed by atoms with E-state index in [1.165, 1.54) is 4.31 Å². The number of benzene rings is 2. The Hall–Kier alpha value is -2.91. The van der Waals surface area contributed by atoms with E-state index in [1.807, 2.05) is 30.3 Å². The van der Waals surface area contributed by atoms with Gasteiger partial charge < -0.3 is 5.32 Å². The molecule has 1 amide bonds. The molecule has 2 aromatic carbocycles. The van der Waals surface area contributed by atoms with Crippen molar-refractivity contribution in [2.75, 3.05) is 23.1 Å². The number of nitrogens with zero attached hydrogens (tertiary/aromatic N) is 2. The molecule has 2 atom stereocenters. The zero-order valence-corrected chi connectivity index (χ0v) is 18.7. The van der Waals surface area contributed by atoms with Crippen LogP contribution in [0.2, 0.25) is 0 Å². The molecule has 3 aromatic rings. The highest BCUT2D eigenvalue weighted by atomic mass is 32.2. The summed E-state index contributed by atoms with van der Waals surface area (Å²) < 4.78 is 29.0. The van der Waals surface area contributed by atoms with Gasteiger partial charge in [0.1, 0.15) is 0 Å². The minimum atomic E-state index is -3.60. The number of amides is 1. The van der Waals surface area contributed by atoms with Crippen molar-refractivity contribution in [3.8, 4) is 11.1 Å². The van der Waals surface area contributed by atoms with Gasteiger partial charge in [0.15, 0.2) is 5.82 Å². The van der Waals surface area contributed by atoms with Crippen LogP contribution in [0, 0.1) is 11.8 Å². The molecule has 164 valence electrons. The van der Waals surface area contributed by atoms with Crippen LogP contribution >= 0.6 is 0 Å². The molecule has 9 heteroatoms. The third-order valence-electron chi connectivity index (χ3n) is 5.74. The second-order valence-electron chi connectivity index (χ2n) is 7.91. The van der Waals surface area contributed by atoms with Crippen LogP contribution in [0.1, 0.15) is 27.2 Å². The molecule has 31 heavy (non-hydrogen) atoms. The number of H-pyrrole nitrogens is 1. The molecular formula is C22H27N5O3S. The van der Waals surface area contributed by atoms with Crippen LogP contribution in [0.15, 0.2) is 42.5 Å². The summed E-state index contributed by atoms with van der Waals surface area (Å²) in [6.07, 6.45) is 0.923. The van der Waals surface area contributed by atoms with Crippen molar-refractivity contribution < 1.29 is 13.2 Å². The number of aromatic amines is 1. The van der Waals surface area contributed by atoms with Crippen LogP contribution < -0.4 is 10.0 Å². The predicted octanol–water partition coefficient (Wildman–Crippen LogP) is 3.82. The van der Waals surface area contributed by atoms with Crippen molar-refractivity contribution in [3.05, 3.63) is 42.5 Å². The molecule has 1 aliphatic rings. The number of hydrogen-bond acceptors (Lipinski definition) is 4. The second-order valence-corrected chi connectivity index (χ2v) is 9.58. The normalized spacial score (nSPS) is 18.3. The Morgan fingerprint density at radius 2 is 1.87 bits per heavy atom. The van der Waals surface area contributed by atoms with Crippen molar-refractivity contribution in [2.45, 2.75) is 27.2 Å². The maximum atomic E-state index is 12.5. The van der Waals surface area contributed by atoms with E-state index in [2.05, 4.69) is 27.2 Å². The Morgan fingerprint density at radius 1 is 1.16 bits per heavy atom. The molecule has 2 unspecified atom stereocenters. The molecule has 0 saturated heterocycles. The minimum Gasteiger partial charge on any atom is -0.308 e. The summed E-state index contributed by atoms with van der Waals surface area (Å²) in [5.74, 6) is 1.06. The number of fused-ring (bicyclic) bond motifs is 1. The number of carbonyl (C=O) groups excluding carboxylic acids is 1. The molecule has 0 radical (unpaired) electrons. The van der Waals surface area contributed by atoms with Gasteiger partial charge in [0, 0.05) is 24.4 Å². The van der Waals surface area contributed by atoms with Crippen molar-refractivity contribution in [2.24, 2.45) is 11.8 Å². The van der Waals surface area contributed by atoms with Gasteiger partial charge in [-0.1, -0.05) is 39.0 Å². The van der Waals surface area contributed by atoms with E-state index >= 15 is 0 Å². The lowest BCUT2D eigenvalue weighted by Gasteiger charge is -2.19. The summed E-state index contributed by atoms with van der Waals surface area (Å²) in [5, 5.41) is 11.0. The lowest BCUT2D eigenvalue weighted by molar-refractivity contribution is -0.117. The third-order valence-corrected chi connectivity index (χ3v) is 7.43. The summed E-state index contributed by atoms with van der Waals surface area (Å²) in [7, 11) is -3.60. The highest BCUT2D eigenvalue weighted by molar-refractivity contribution is 7.90. The van der Waals surface area contributed by atoms with E-state index in [-0.39, 0.29) is 11.8 Å². The maximum absolute atomic E-state index is 12.5. The molecule has 1 aromatic heterocycles. The summed E-state index contributed by atoms with van der Waals surface area (Å²) >= 11 is 0. The Balaban J connectivity index is 1.56. The fraction of sp³-hybridized carbons (Fsp3) is 0.364. The monoisotopic (exact) mass is 441 g/mol. The van der Waals surface area contributed by atoms with E-state index in [4.69, 9.17) is 0 Å². The van der Waals surface area contributed by atoms with Crippen LogP contribution in [-0.2, 0) is 15.0 Å². The van der Waals surface area contributed by atoms with Gasteiger partial charge in [-0.3, -0.25) is 14.6 Å². The molecule has 4 rings (SSSR count). The zero-order valence-electron chi connectivity index (χ0n) is 17.8. The SMILES string of the molecule is CCN(CC)S(=O)(=O)Nc1cccc(-c2ccc3c(NC(=O)C4CC4C)n[nH]c3c2)c1. The summed E-state index contributed by atoms with van der Waals surface area (Å²) in [6, 6.07) is 13.0. The van der Waals surface area contributed by atoms with E-state index in [9.17, 15) is 13.2 Å². The quantitative estimate of drug-likeness (QED) is 0.494. The Morgan fingerprint density at radius 3 is 2.55 bits per heavy atom. The molecule has 0 bridgehead atoms. The van der Waals surface area contributed by atoms with E-state index in [0.717, 1.165) is 28.5 Å². The molecule has 0 aliphatic heterocycles. The first-order valence-electron chi connectivity index (χ1n) is 10.5. The van der Waals surface area contributed by atoms with Gasteiger partial charge in [0.05, 0.1) is 11.2 Å². The highest BCUT2D eigenvalue weighted by Gasteiger charge is 2.39. The number of aromatic nitrogens is 2. The minimum absolute atomic E-state index is 0.0122. The number of carbonyl (C=O) groups is 1. The van der Waals surface area contributed by atoms with E-state index in [0.29, 0.717) is 30.5 Å². The Labute approximate surface area is 182 Å². The molecule has 1 heterocycles. The average molecular weight is 442 g/mol. The zero-order chi connectivity index (χ0) is 22.2. The largest absolute Gasteiger partial charge is 0.308 e. The van der Waals surface area contributed by atoms with Crippen LogP contribution in [0.5, 0.6) is 0 Å². The number of hydrogen-bond donors (Lipinski definition) is 3. The third kappa shape index (κ3) is 4.42. The van der Waals surface area contributed by atoms with Gasteiger partial charge in [0.2, 0.25) is 5.91 Å².